The third-order valence-electron chi connectivity index (χ3n) is 2.67. The van der Waals surface area contributed by atoms with Crippen molar-refractivity contribution in [2.45, 2.75) is 32.6 Å². The predicted molar refractivity (Wildman–Crippen MR) is 56.7 cm³/mol. The molecule has 0 aliphatic rings. The topological polar surface area (TPSA) is 36.7 Å². The third kappa shape index (κ3) is 2.32. The van der Waals surface area contributed by atoms with Gasteiger partial charge in [0.25, 0.3) is 0 Å². The van der Waals surface area contributed by atoms with Crippen molar-refractivity contribution in [3.8, 4) is 6.07 Å². The fraction of sp³-hybridized carbons (Fsp3) is 0.500. The van der Waals surface area contributed by atoms with Crippen molar-refractivity contribution in [3.63, 3.8) is 0 Å². The van der Waals surface area contributed by atoms with Gasteiger partial charge in [-0.2, -0.15) is 5.26 Å². The van der Waals surface area contributed by atoms with Gasteiger partial charge in [0, 0.05) is 6.20 Å². The van der Waals surface area contributed by atoms with Gasteiger partial charge in [-0.3, -0.25) is 4.98 Å². The molecule has 0 fully saturated rings. The van der Waals surface area contributed by atoms with Crippen LogP contribution in [-0.2, 0) is 0 Å². The van der Waals surface area contributed by atoms with Gasteiger partial charge in [-0.15, -0.1) is 0 Å². The Kier molecular flexibility index (Phi) is 4.12. The van der Waals surface area contributed by atoms with Crippen molar-refractivity contribution >= 4 is 0 Å². The van der Waals surface area contributed by atoms with Gasteiger partial charge in [0.2, 0.25) is 0 Å². The maximum absolute atomic E-state index is 9.12. The molecule has 14 heavy (non-hydrogen) atoms. The van der Waals surface area contributed by atoms with E-state index in [-0.39, 0.29) is 5.92 Å². The summed E-state index contributed by atoms with van der Waals surface area (Å²) in [5.41, 5.74) is 0.906. The number of pyridine rings is 1. The largest absolute Gasteiger partial charge is 0.260 e. The van der Waals surface area contributed by atoms with E-state index in [2.05, 4.69) is 24.9 Å². The first-order valence-corrected chi connectivity index (χ1v) is 5.14. The van der Waals surface area contributed by atoms with Crippen LogP contribution in [0.1, 0.15) is 38.3 Å². The number of nitriles is 1. The molecule has 1 heterocycles. The monoisotopic (exact) mass is 188 g/mol. The number of hydrogen-bond donors (Lipinski definition) is 0. The number of nitrogens with zero attached hydrogens (tertiary/aromatic N) is 2. The average molecular weight is 188 g/mol. The summed E-state index contributed by atoms with van der Waals surface area (Å²) in [6, 6.07) is 8.11. The molecule has 2 heteroatoms. The molecule has 1 unspecified atom stereocenters. The Morgan fingerprint density at radius 2 is 2.07 bits per heavy atom. The van der Waals surface area contributed by atoms with Crippen LogP contribution < -0.4 is 0 Å². The van der Waals surface area contributed by atoms with E-state index in [1.54, 1.807) is 6.20 Å². The molecule has 0 bridgehead atoms. The fourth-order valence-corrected chi connectivity index (χ4v) is 1.73. The summed E-state index contributed by atoms with van der Waals surface area (Å²) in [5.74, 6) is 0.376. The lowest BCUT2D eigenvalue weighted by atomic mass is 9.86. The molecule has 0 spiro atoms. The molecule has 1 atom stereocenters. The molecule has 0 aromatic carbocycles. The highest BCUT2D eigenvalue weighted by Gasteiger charge is 2.20. The maximum Gasteiger partial charge on any atom is 0.0912 e. The number of hydrogen-bond acceptors (Lipinski definition) is 2. The van der Waals surface area contributed by atoms with Gasteiger partial charge in [-0.05, 0) is 18.1 Å². The van der Waals surface area contributed by atoms with Crippen molar-refractivity contribution in [3.05, 3.63) is 30.1 Å². The van der Waals surface area contributed by atoms with Crippen LogP contribution in [0.15, 0.2) is 24.4 Å². The van der Waals surface area contributed by atoms with Crippen LogP contribution in [0.3, 0.4) is 0 Å². The van der Waals surface area contributed by atoms with Gasteiger partial charge in [0.05, 0.1) is 17.7 Å². The summed E-state index contributed by atoms with van der Waals surface area (Å²) in [5, 5.41) is 9.12. The van der Waals surface area contributed by atoms with Crippen LogP contribution in [0.2, 0.25) is 0 Å². The molecule has 1 aromatic heterocycles. The quantitative estimate of drug-likeness (QED) is 0.727. The summed E-state index contributed by atoms with van der Waals surface area (Å²) in [7, 11) is 0. The summed E-state index contributed by atoms with van der Waals surface area (Å²) >= 11 is 0. The Hall–Kier alpha value is -1.36. The Morgan fingerprint density at radius 1 is 1.36 bits per heavy atom. The second-order valence-corrected chi connectivity index (χ2v) is 3.44. The van der Waals surface area contributed by atoms with E-state index in [4.69, 9.17) is 5.26 Å². The summed E-state index contributed by atoms with van der Waals surface area (Å²) in [6.45, 7) is 4.25. The predicted octanol–water partition coefficient (Wildman–Crippen LogP) is 3.12. The molecule has 2 nitrogen and oxygen atoms in total. The van der Waals surface area contributed by atoms with Gasteiger partial charge in [0.1, 0.15) is 0 Å². The molecule has 0 amide bonds. The minimum atomic E-state index is -0.0498. The molecule has 1 rings (SSSR count). The van der Waals surface area contributed by atoms with E-state index in [1.807, 2.05) is 18.2 Å². The highest BCUT2D eigenvalue weighted by atomic mass is 14.7. The molecule has 0 aliphatic heterocycles. The van der Waals surface area contributed by atoms with E-state index in [9.17, 15) is 0 Å². The zero-order valence-electron chi connectivity index (χ0n) is 8.77. The van der Waals surface area contributed by atoms with Crippen LogP contribution >= 0.6 is 0 Å². The molecule has 0 radical (unpaired) electrons. The molecule has 0 N–H and O–H groups in total. The molecule has 0 saturated heterocycles. The normalized spacial score (nSPS) is 12.4. The Balaban J connectivity index is 2.88. The first-order valence-electron chi connectivity index (χ1n) is 5.14. The highest BCUT2D eigenvalue weighted by molar-refractivity contribution is 5.17. The summed E-state index contributed by atoms with van der Waals surface area (Å²) in [4.78, 5) is 4.24. The van der Waals surface area contributed by atoms with E-state index in [0.717, 1.165) is 18.5 Å². The smallest absolute Gasteiger partial charge is 0.0912 e. The Morgan fingerprint density at radius 3 is 2.50 bits per heavy atom. The van der Waals surface area contributed by atoms with E-state index in [1.165, 1.54) is 0 Å². The lowest BCUT2D eigenvalue weighted by Crippen LogP contribution is -2.11. The maximum atomic E-state index is 9.12. The van der Waals surface area contributed by atoms with Crippen molar-refractivity contribution in [2.75, 3.05) is 0 Å². The van der Waals surface area contributed by atoms with Crippen LogP contribution in [0, 0.1) is 17.2 Å². The van der Waals surface area contributed by atoms with Crippen LogP contribution in [0.25, 0.3) is 0 Å². The SMILES string of the molecule is CCC(CC)C(C#N)c1ccccn1. The molecular weight excluding hydrogens is 172 g/mol. The van der Waals surface area contributed by atoms with Gasteiger partial charge < -0.3 is 0 Å². The lowest BCUT2D eigenvalue weighted by molar-refractivity contribution is 0.447. The van der Waals surface area contributed by atoms with Crippen molar-refractivity contribution in [2.24, 2.45) is 5.92 Å². The minimum Gasteiger partial charge on any atom is -0.260 e. The van der Waals surface area contributed by atoms with Gasteiger partial charge in [-0.25, -0.2) is 0 Å². The number of rotatable bonds is 4. The van der Waals surface area contributed by atoms with E-state index >= 15 is 0 Å². The highest BCUT2D eigenvalue weighted by Crippen LogP contribution is 2.27. The molecular formula is C12H16N2. The average Bonchev–Trinajstić information content (AvgIpc) is 2.27. The molecule has 74 valence electrons. The molecule has 0 aliphatic carbocycles. The lowest BCUT2D eigenvalue weighted by Gasteiger charge is -2.17. The molecule has 1 aromatic rings. The first kappa shape index (κ1) is 10.7. The second-order valence-electron chi connectivity index (χ2n) is 3.44. The third-order valence-corrected chi connectivity index (χ3v) is 2.67. The van der Waals surface area contributed by atoms with Crippen molar-refractivity contribution in [1.82, 2.24) is 4.98 Å². The van der Waals surface area contributed by atoms with Crippen molar-refractivity contribution < 1.29 is 0 Å². The van der Waals surface area contributed by atoms with Crippen LogP contribution in [-0.4, -0.2) is 4.98 Å². The van der Waals surface area contributed by atoms with Crippen LogP contribution in [0.4, 0.5) is 0 Å². The summed E-state index contributed by atoms with van der Waals surface area (Å²) in [6.07, 6.45) is 3.82. The Labute approximate surface area is 85.6 Å². The van der Waals surface area contributed by atoms with Crippen molar-refractivity contribution in [1.29, 1.82) is 5.26 Å². The fourth-order valence-electron chi connectivity index (χ4n) is 1.73. The van der Waals surface area contributed by atoms with Crippen LogP contribution in [0.5, 0.6) is 0 Å². The zero-order chi connectivity index (χ0) is 10.4. The second kappa shape index (κ2) is 5.39. The van der Waals surface area contributed by atoms with E-state index < -0.39 is 0 Å². The van der Waals surface area contributed by atoms with Gasteiger partial charge in [-0.1, -0.05) is 32.8 Å². The summed E-state index contributed by atoms with van der Waals surface area (Å²) < 4.78 is 0. The first-order chi connectivity index (χ1) is 6.83. The Bertz CT molecular complexity index is 296. The zero-order valence-corrected chi connectivity index (χ0v) is 8.77. The van der Waals surface area contributed by atoms with E-state index in [0.29, 0.717) is 5.92 Å². The standard InChI is InChI=1S/C12H16N2/c1-3-10(4-2)11(9-13)12-7-5-6-8-14-12/h5-8,10-11H,3-4H2,1-2H3. The molecule has 0 saturated carbocycles. The minimum absolute atomic E-state index is 0.0498. The van der Waals surface area contributed by atoms with Gasteiger partial charge in [0.15, 0.2) is 0 Å². The van der Waals surface area contributed by atoms with Gasteiger partial charge >= 0.3 is 0 Å². The number of aromatic nitrogens is 1.